The van der Waals surface area contributed by atoms with Crippen LogP contribution in [0.1, 0.15) is 20.8 Å². The summed E-state index contributed by atoms with van der Waals surface area (Å²) in [6, 6.07) is 7.37. The number of aliphatic hydroxyl groups excluding tert-OH is 1. The number of anilines is 2. The molecule has 1 aliphatic heterocycles. The van der Waals surface area contributed by atoms with Crippen molar-refractivity contribution < 1.29 is 19.4 Å². The number of rotatable bonds is 4. The number of carbonyl (C=O) groups excluding carboxylic acids is 2. The fourth-order valence-corrected chi connectivity index (χ4v) is 2.73. The molecule has 1 heterocycles. The Kier molecular flexibility index (Phi) is 6.16. The van der Waals surface area contributed by atoms with Gasteiger partial charge in [-0.1, -0.05) is 12.1 Å². The molecule has 7 nitrogen and oxygen atoms in total. The van der Waals surface area contributed by atoms with Crippen molar-refractivity contribution in [2.75, 3.05) is 29.9 Å². The number of ether oxygens (including phenoxy) is 1. The van der Waals surface area contributed by atoms with E-state index in [4.69, 9.17) is 4.74 Å². The molecular weight excluding hydrogens is 310 g/mol. The Hall–Kier alpha value is -2.12. The molecule has 132 valence electrons. The van der Waals surface area contributed by atoms with E-state index in [1.54, 1.807) is 12.1 Å². The van der Waals surface area contributed by atoms with Crippen LogP contribution in [-0.2, 0) is 14.3 Å². The highest BCUT2D eigenvalue weighted by molar-refractivity contribution is 6.39. The van der Waals surface area contributed by atoms with Crippen molar-refractivity contribution in [2.45, 2.75) is 39.1 Å². The Bertz CT molecular complexity index is 581. The van der Waals surface area contributed by atoms with E-state index < -0.39 is 17.9 Å². The van der Waals surface area contributed by atoms with Gasteiger partial charge >= 0.3 is 11.8 Å². The van der Waals surface area contributed by atoms with Gasteiger partial charge in [0, 0.05) is 19.6 Å². The molecule has 0 bridgehead atoms. The van der Waals surface area contributed by atoms with Crippen LogP contribution in [0.5, 0.6) is 0 Å². The number of carbonyl (C=O) groups is 2. The number of nitrogens with one attached hydrogen (secondary N) is 2. The summed E-state index contributed by atoms with van der Waals surface area (Å²) in [5.74, 6) is -1.52. The summed E-state index contributed by atoms with van der Waals surface area (Å²) < 4.78 is 5.73. The van der Waals surface area contributed by atoms with E-state index >= 15 is 0 Å². The van der Waals surface area contributed by atoms with Crippen molar-refractivity contribution in [1.29, 1.82) is 0 Å². The third kappa shape index (κ3) is 4.94. The average Bonchev–Trinajstić information content (AvgIpc) is 2.52. The Balaban J connectivity index is 2.08. The number of benzene rings is 1. The van der Waals surface area contributed by atoms with Gasteiger partial charge in [0.1, 0.15) is 0 Å². The molecule has 2 amide bonds. The van der Waals surface area contributed by atoms with E-state index in [1.807, 2.05) is 26.0 Å². The fraction of sp³-hybridized carbons (Fsp3) is 0.529. The Morgan fingerprint density at radius 3 is 2.50 bits per heavy atom. The largest absolute Gasteiger partial charge is 0.392 e. The second-order valence-corrected chi connectivity index (χ2v) is 6.19. The molecular formula is C17H25N3O4. The molecule has 7 heteroatoms. The molecule has 1 aliphatic rings. The lowest BCUT2D eigenvalue weighted by Crippen LogP contribution is -2.46. The number of morpholine rings is 1. The SMILES string of the molecule is C[C@H](O)CNC(=O)C(=O)Nc1ccccc1N1C[C@@H](C)O[C@@H](C)C1. The lowest BCUT2D eigenvalue weighted by atomic mass is 10.1. The van der Waals surface area contributed by atoms with Crippen LogP contribution >= 0.6 is 0 Å². The quantitative estimate of drug-likeness (QED) is 0.706. The summed E-state index contributed by atoms with van der Waals surface area (Å²) in [5, 5.41) is 14.2. The molecule has 2 rings (SSSR count). The van der Waals surface area contributed by atoms with Gasteiger partial charge in [-0.25, -0.2) is 0 Å². The first kappa shape index (κ1) is 18.2. The van der Waals surface area contributed by atoms with Gasteiger partial charge in [0.2, 0.25) is 0 Å². The molecule has 24 heavy (non-hydrogen) atoms. The second-order valence-electron chi connectivity index (χ2n) is 6.19. The summed E-state index contributed by atoms with van der Waals surface area (Å²) in [6.45, 7) is 7.01. The number of nitrogens with zero attached hydrogens (tertiary/aromatic N) is 1. The minimum absolute atomic E-state index is 0.0341. The van der Waals surface area contributed by atoms with Gasteiger partial charge in [-0.05, 0) is 32.9 Å². The molecule has 3 atom stereocenters. The summed E-state index contributed by atoms with van der Waals surface area (Å²) in [4.78, 5) is 26.0. The highest BCUT2D eigenvalue weighted by Gasteiger charge is 2.25. The summed E-state index contributed by atoms with van der Waals surface area (Å²) in [7, 11) is 0. The lowest BCUT2D eigenvalue weighted by molar-refractivity contribution is -0.136. The fourth-order valence-electron chi connectivity index (χ4n) is 2.73. The van der Waals surface area contributed by atoms with Gasteiger partial charge in [0.15, 0.2) is 0 Å². The van der Waals surface area contributed by atoms with Crippen molar-refractivity contribution in [1.82, 2.24) is 5.32 Å². The second kappa shape index (κ2) is 8.12. The summed E-state index contributed by atoms with van der Waals surface area (Å²) in [5.41, 5.74) is 1.44. The zero-order valence-corrected chi connectivity index (χ0v) is 14.3. The minimum Gasteiger partial charge on any atom is -0.392 e. The lowest BCUT2D eigenvalue weighted by Gasteiger charge is -2.37. The van der Waals surface area contributed by atoms with Gasteiger partial charge in [-0.15, -0.1) is 0 Å². The van der Waals surface area contributed by atoms with Crippen molar-refractivity contribution in [3.8, 4) is 0 Å². The third-order valence-electron chi connectivity index (χ3n) is 3.68. The molecule has 0 aliphatic carbocycles. The zero-order chi connectivity index (χ0) is 17.7. The van der Waals surface area contributed by atoms with E-state index in [0.29, 0.717) is 18.8 Å². The third-order valence-corrected chi connectivity index (χ3v) is 3.68. The van der Waals surface area contributed by atoms with E-state index in [2.05, 4.69) is 15.5 Å². The van der Waals surface area contributed by atoms with Gasteiger partial charge in [0.05, 0.1) is 29.7 Å². The van der Waals surface area contributed by atoms with E-state index in [0.717, 1.165) is 5.69 Å². The predicted molar refractivity (Wildman–Crippen MR) is 92.0 cm³/mol. The predicted octanol–water partition coefficient (Wildman–Crippen LogP) is 0.736. The van der Waals surface area contributed by atoms with Crippen LogP contribution in [0.2, 0.25) is 0 Å². The minimum atomic E-state index is -0.769. The summed E-state index contributed by atoms with van der Waals surface area (Å²) >= 11 is 0. The maximum absolute atomic E-state index is 12.0. The average molecular weight is 335 g/mol. The molecule has 0 radical (unpaired) electrons. The van der Waals surface area contributed by atoms with Crippen molar-refractivity contribution in [3.63, 3.8) is 0 Å². The molecule has 1 aromatic carbocycles. The molecule has 3 N–H and O–H groups in total. The van der Waals surface area contributed by atoms with Crippen molar-refractivity contribution >= 4 is 23.2 Å². The van der Waals surface area contributed by atoms with Gasteiger partial charge in [0.25, 0.3) is 0 Å². The van der Waals surface area contributed by atoms with Crippen LogP contribution in [0.4, 0.5) is 11.4 Å². The van der Waals surface area contributed by atoms with E-state index in [9.17, 15) is 14.7 Å². The smallest absolute Gasteiger partial charge is 0.313 e. The van der Waals surface area contributed by atoms with E-state index in [-0.39, 0.29) is 18.8 Å². The summed E-state index contributed by atoms with van der Waals surface area (Å²) in [6.07, 6.45) is -0.524. The standard InChI is InChI=1S/C17H25N3O4/c1-11(21)8-18-16(22)17(23)19-14-6-4-5-7-15(14)20-9-12(2)24-13(3)10-20/h4-7,11-13,21H,8-10H2,1-3H3,(H,18,22)(H,19,23)/t11-,12-,13+/m0/s1. The first-order valence-corrected chi connectivity index (χ1v) is 8.13. The number of hydrogen-bond donors (Lipinski definition) is 3. The van der Waals surface area contributed by atoms with Crippen molar-refractivity contribution in [2.24, 2.45) is 0 Å². The molecule has 0 spiro atoms. The normalized spacial score (nSPS) is 21.9. The Morgan fingerprint density at radius 1 is 1.25 bits per heavy atom. The molecule has 1 fully saturated rings. The molecule has 0 aromatic heterocycles. The van der Waals surface area contributed by atoms with E-state index in [1.165, 1.54) is 6.92 Å². The Labute approximate surface area is 142 Å². The maximum Gasteiger partial charge on any atom is 0.313 e. The number of aliphatic hydroxyl groups is 1. The van der Waals surface area contributed by atoms with Crippen LogP contribution in [0.3, 0.4) is 0 Å². The van der Waals surface area contributed by atoms with Crippen molar-refractivity contribution in [3.05, 3.63) is 24.3 Å². The molecule has 0 saturated carbocycles. The monoisotopic (exact) mass is 335 g/mol. The van der Waals surface area contributed by atoms with Gasteiger partial charge < -0.3 is 25.4 Å². The first-order chi connectivity index (χ1) is 11.4. The highest BCUT2D eigenvalue weighted by atomic mass is 16.5. The number of hydrogen-bond acceptors (Lipinski definition) is 5. The van der Waals surface area contributed by atoms with Crippen LogP contribution in [0.15, 0.2) is 24.3 Å². The topological polar surface area (TPSA) is 90.9 Å². The van der Waals surface area contributed by atoms with Crippen LogP contribution in [-0.4, -0.2) is 54.9 Å². The molecule has 1 aromatic rings. The first-order valence-electron chi connectivity index (χ1n) is 8.13. The number of amides is 2. The zero-order valence-electron chi connectivity index (χ0n) is 14.3. The molecule has 1 saturated heterocycles. The van der Waals surface area contributed by atoms with Crippen LogP contribution in [0.25, 0.3) is 0 Å². The molecule has 0 unspecified atom stereocenters. The number of para-hydroxylation sites is 2. The van der Waals surface area contributed by atoms with Crippen LogP contribution < -0.4 is 15.5 Å². The maximum atomic E-state index is 12.0. The van der Waals surface area contributed by atoms with Crippen LogP contribution in [0, 0.1) is 0 Å². The van der Waals surface area contributed by atoms with Gasteiger partial charge in [-0.3, -0.25) is 9.59 Å². The van der Waals surface area contributed by atoms with Gasteiger partial charge in [-0.2, -0.15) is 0 Å². The Morgan fingerprint density at radius 2 is 1.88 bits per heavy atom. The highest BCUT2D eigenvalue weighted by Crippen LogP contribution is 2.28.